The third-order valence-corrected chi connectivity index (χ3v) is 7.91. The molecule has 0 bridgehead atoms. The molecular formula is C27H43N3O2. The summed E-state index contributed by atoms with van der Waals surface area (Å²) in [5, 5.41) is 0. The summed E-state index contributed by atoms with van der Waals surface area (Å²) >= 11 is 0. The van der Waals surface area contributed by atoms with E-state index in [1.54, 1.807) is 0 Å². The molecule has 1 aromatic carbocycles. The van der Waals surface area contributed by atoms with Crippen LogP contribution in [-0.4, -0.2) is 73.5 Å². The zero-order chi connectivity index (χ0) is 22.3. The summed E-state index contributed by atoms with van der Waals surface area (Å²) in [4.78, 5) is 20.0. The first-order valence-corrected chi connectivity index (χ1v) is 13.0. The average Bonchev–Trinajstić information content (AvgIpc) is 2.83. The molecule has 0 radical (unpaired) electrons. The van der Waals surface area contributed by atoms with E-state index < -0.39 is 0 Å². The van der Waals surface area contributed by atoms with Crippen LogP contribution in [0.1, 0.15) is 63.4 Å². The molecular weight excluding hydrogens is 398 g/mol. The molecule has 5 heteroatoms. The monoisotopic (exact) mass is 441 g/mol. The molecule has 0 N–H and O–H groups in total. The Kier molecular flexibility index (Phi) is 8.48. The molecule has 32 heavy (non-hydrogen) atoms. The molecule has 0 aromatic heterocycles. The number of rotatable bonds is 7. The van der Waals surface area contributed by atoms with Crippen LogP contribution in [0.3, 0.4) is 0 Å². The lowest BCUT2D eigenvalue weighted by Crippen LogP contribution is -2.44. The van der Waals surface area contributed by atoms with Gasteiger partial charge in [0.15, 0.2) is 0 Å². The number of carbonyl (C=O) groups excluding carboxylic acids is 1. The fraction of sp³-hybridized carbons (Fsp3) is 0.741. The molecule has 178 valence electrons. The Labute approximate surface area is 195 Å². The molecule has 4 rings (SSSR count). The van der Waals surface area contributed by atoms with Crippen LogP contribution in [0.2, 0.25) is 0 Å². The first-order valence-electron chi connectivity index (χ1n) is 13.0. The quantitative estimate of drug-likeness (QED) is 0.628. The highest BCUT2D eigenvalue weighted by atomic mass is 16.5. The number of nitrogens with zero attached hydrogens (tertiary/aromatic N) is 3. The van der Waals surface area contributed by atoms with Gasteiger partial charge in [-0.05, 0) is 83.4 Å². The summed E-state index contributed by atoms with van der Waals surface area (Å²) in [5.74, 6) is 2.10. The molecule has 1 aromatic rings. The lowest BCUT2D eigenvalue weighted by molar-refractivity contribution is -0.138. The molecule has 5 nitrogen and oxygen atoms in total. The van der Waals surface area contributed by atoms with Gasteiger partial charge in [-0.3, -0.25) is 9.69 Å². The van der Waals surface area contributed by atoms with E-state index in [2.05, 4.69) is 53.1 Å². The van der Waals surface area contributed by atoms with Crippen LogP contribution in [0.25, 0.3) is 0 Å². The largest absolute Gasteiger partial charge is 0.493 e. The Morgan fingerprint density at radius 2 is 1.81 bits per heavy atom. The number of likely N-dealkylation sites (tertiary alicyclic amines) is 2. The third kappa shape index (κ3) is 6.48. The Bertz CT molecular complexity index is 725. The highest BCUT2D eigenvalue weighted by molar-refractivity contribution is 5.79. The molecule has 2 saturated heterocycles. The SMILES string of the molecule is CN1CCC(N(C)Cc2cccc(OC[C@@H]3CCCN(C(=O)C4CCCCC4)C3)c2)CC1. The maximum absolute atomic E-state index is 12.9. The molecule has 3 fully saturated rings. The van der Waals surface area contributed by atoms with Gasteiger partial charge in [-0.1, -0.05) is 31.4 Å². The fourth-order valence-electron chi connectivity index (χ4n) is 5.81. The normalized spacial score (nSPS) is 24.1. The molecule has 1 saturated carbocycles. The number of carbonyl (C=O) groups is 1. The summed E-state index contributed by atoms with van der Waals surface area (Å²) in [6, 6.07) is 9.29. The van der Waals surface area contributed by atoms with Crippen LogP contribution < -0.4 is 4.74 Å². The highest BCUT2D eigenvalue weighted by Crippen LogP contribution is 2.28. The highest BCUT2D eigenvalue weighted by Gasteiger charge is 2.30. The number of ether oxygens (including phenoxy) is 1. The van der Waals surface area contributed by atoms with Crippen molar-refractivity contribution in [3.8, 4) is 5.75 Å². The van der Waals surface area contributed by atoms with Crippen molar-refractivity contribution < 1.29 is 9.53 Å². The van der Waals surface area contributed by atoms with E-state index in [0.717, 1.165) is 51.1 Å². The molecule has 2 heterocycles. The van der Waals surface area contributed by atoms with Gasteiger partial charge in [0, 0.05) is 37.5 Å². The van der Waals surface area contributed by atoms with E-state index in [1.807, 2.05) is 0 Å². The van der Waals surface area contributed by atoms with E-state index in [1.165, 1.54) is 50.8 Å². The first kappa shape index (κ1) is 23.6. The van der Waals surface area contributed by atoms with Gasteiger partial charge in [0.25, 0.3) is 0 Å². The predicted molar refractivity (Wildman–Crippen MR) is 130 cm³/mol. The van der Waals surface area contributed by atoms with Crippen molar-refractivity contribution in [1.82, 2.24) is 14.7 Å². The Balaban J connectivity index is 1.25. The second-order valence-corrected chi connectivity index (χ2v) is 10.5. The van der Waals surface area contributed by atoms with Crippen molar-refractivity contribution in [2.75, 3.05) is 46.9 Å². The van der Waals surface area contributed by atoms with E-state index in [9.17, 15) is 4.79 Å². The van der Waals surface area contributed by atoms with Gasteiger partial charge in [0.05, 0.1) is 6.61 Å². The molecule has 1 aliphatic carbocycles. The molecule has 3 aliphatic rings. The minimum Gasteiger partial charge on any atom is -0.493 e. The van der Waals surface area contributed by atoms with E-state index in [0.29, 0.717) is 24.5 Å². The molecule has 1 atom stereocenters. The Morgan fingerprint density at radius 3 is 2.59 bits per heavy atom. The van der Waals surface area contributed by atoms with E-state index in [-0.39, 0.29) is 5.92 Å². The second-order valence-electron chi connectivity index (χ2n) is 10.5. The van der Waals surface area contributed by atoms with Crippen molar-refractivity contribution in [3.63, 3.8) is 0 Å². The van der Waals surface area contributed by atoms with Crippen LogP contribution in [0.4, 0.5) is 0 Å². The van der Waals surface area contributed by atoms with Crippen LogP contribution in [0.5, 0.6) is 5.75 Å². The van der Waals surface area contributed by atoms with Crippen molar-refractivity contribution in [1.29, 1.82) is 0 Å². The van der Waals surface area contributed by atoms with Crippen molar-refractivity contribution in [2.45, 2.75) is 70.4 Å². The van der Waals surface area contributed by atoms with Gasteiger partial charge in [0.1, 0.15) is 5.75 Å². The minimum atomic E-state index is 0.279. The molecule has 0 unspecified atom stereocenters. The standard InChI is InChI=1S/C27H43N3O2/c1-28-16-13-25(14-17-28)29(2)19-22-8-6-12-26(18-22)32-21-23-9-7-15-30(20-23)27(31)24-10-4-3-5-11-24/h6,8,12,18,23-25H,3-5,7,9-11,13-17,19-21H2,1-2H3/t23-/m1/s1. The number of benzene rings is 1. The number of amides is 1. The lowest BCUT2D eigenvalue weighted by atomic mass is 9.87. The topological polar surface area (TPSA) is 36.0 Å². The van der Waals surface area contributed by atoms with Crippen molar-refractivity contribution in [2.24, 2.45) is 11.8 Å². The maximum atomic E-state index is 12.9. The Morgan fingerprint density at radius 1 is 1.03 bits per heavy atom. The first-order chi connectivity index (χ1) is 15.6. The van der Waals surface area contributed by atoms with Crippen LogP contribution in [0.15, 0.2) is 24.3 Å². The van der Waals surface area contributed by atoms with Gasteiger partial charge >= 0.3 is 0 Å². The van der Waals surface area contributed by atoms with Gasteiger partial charge < -0.3 is 14.5 Å². The van der Waals surface area contributed by atoms with Gasteiger partial charge in [0.2, 0.25) is 5.91 Å². The van der Waals surface area contributed by atoms with Gasteiger partial charge in [-0.25, -0.2) is 0 Å². The maximum Gasteiger partial charge on any atom is 0.225 e. The number of hydrogen-bond donors (Lipinski definition) is 0. The number of hydrogen-bond acceptors (Lipinski definition) is 4. The van der Waals surface area contributed by atoms with Gasteiger partial charge in [-0.2, -0.15) is 0 Å². The summed E-state index contributed by atoms with van der Waals surface area (Å²) in [5.41, 5.74) is 1.32. The van der Waals surface area contributed by atoms with Crippen LogP contribution in [-0.2, 0) is 11.3 Å². The zero-order valence-corrected chi connectivity index (χ0v) is 20.3. The Hall–Kier alpha value is -1.59. The smallest absolute Gasteiger partial charge is 0.225 e. The van der Waals surface area contributed by atoms with Crippen LogP contribution in [0, 0.1) is 11.8 Å². The van der Waals surface area contributed by atoms with Gasteiger partial charge in [-0.15, -0.1) is 0 Å². The zero-order valence-electron chi connectivity index (χ0n) is 20.3. The molecule has 2 aliphatic heterocycles. The molecule has 1 amide bonds. The number of piperidine rings is 2. The van der Waals surface area contributed by atoms with Crippen molar-refractivity contribution in [3.05, 3.63) is 29.8 Å². The fourth-order valence-corrected chi connectivity index (χ4v) is 5.81. The summed E-state index contributed by atoms with van der Waals surface area (Å²) in [6.45, 7) is 5.87. The second kappa shape index (κ2) is 11.5. The molecule has 0 spiro atoms. The lowest BCUT2D eigenvalue weighted by Gasteiger charge is -2.36. The van der Waals surface area contributed by atoms with Crippen LogP contribution >= 0.6 is 0 Å². The average molecular weight is 442 g/mol. The van der Waals surface area contributed by atoms with Crippen molar-refractivity contribution >= 4 is 5.91 Å². The summed E-state index contributed by atoms with van der Waals surface area (Å²) in [7, 11) is 4.47. The summed E-state index contributed by atoms with van der Waals surface area (Å²) < 4.78 is 6.24. The predicted octanol–water partition coefficient (Wildman–Crippen LogP) is 4.41. The third-order valence-electron chi connectivity index (χ3n) is 7.91. The summed E-state index contributed by atoms with van der Waals surface area (Å²) in [6.07, 6.45) is 10.7. The van der Waals surface area contributed by atoms with E-state index >= 15 is 0 Å². The van der Waals surface area contributed by atoms with E-state index in [4.69, 9.17) is 4.74 Å². The minimum absolute atomic E-state index is 0.279.